The van der Waals surface area contributed by atoms with E-state index in [9.17, 15) is 0 Å². The van der Waals surface area contributed by atoms with Crippen molar-refractivity contribution in [2.24, 2.45) is 0 Å². The molecule has 0 spiro atoms. The fourth-order valence-electron chi connectivity index (χ4n) is 1.58. The molecule has 1 heterocycles. The van der Waals surface area contributed by atoms with Crippen LogP contribution < -0.4 is 5.73 Å². The third-order valence-electron chi connectivity index (χ3n) is 2.57. The van der Waals surface area contributed by atoms with Crippen LogP contribution in [0.1, 0.15) is 12.0 Å². The lowest BCUT2D eigenvalue weighted by Gasteiger charge is -2.22. The molecule has 0 aromatic heterocycles. The summed E-state index contributed by atoms with van der Waals surface area (Å²) in [7, 11) is 0. The minimum atomic E-state index is 0.290. The Bertz CT molecular complexity index is 351. The average molecular weight is 239 g/mol. The first-order valence-corrected chi connectivity index (χ1v) is 6.42. The van der Waals surface area contributed by atoms with E-state index >= 15 is 0 Å². The normalized spacial score (nSPS) is 20.9. The maximum atomic E-state index is 5.92. The second-order valence-electron chi connectivity index (χ2n) is 3.96. The monoisotopic (exact) mass is 239 g/mol. The van der Waals surface area contributed by atoms with E-state index in [4.69, 9.17) is 15.2 Å². The summed E-state index contributed by atoms with van der Waals surface area (Å²) in [6, 6.07) is 6.12. The summed E-state index contributed by atoms with van der Waals surface area (Å²) in [6.45, 7) is 3.30. The first kappa shape index (κ1) is 11.8. The lowest BCUT2D eigenvalue weighted by atomic mass is 10.2. The van der Waals surface area contributed by atoms with Crippen LogP contribution in [0.15, 0.2) is 23.1 Å². The van der Waals surface area contributed by atoms with E-state index in [1.165, 1.54) is 5.56 Å². The minimum absolute atomic E-state index is 0.290. The lowest BCUT2D eigenvalue weighted by Crippen LogP contribution is -2.25. The molecule has 88 valence electrons. The number of anilines is 1. The van der Waals surface area contributed by atoms with Gasteiger partial charge in [-0.3, -0.25) is 0 Å². The maximum absolute atomic E-state index is 5.92. The highest BCUT2D eigenvalue weighted by molar-refractivity contribution is 7.99. The summed E-state index contributed by atoms with van der Waals surface area (Å²) in [5, 5.41) is 0. The van der Waals surface area contributed by atoms with Crippen LogP contribution in [0.5, 0.6) is 0 Å². The molecule has 0 amide bonds. The van der Waals surface area contributed by atoms with Crippen LogP contribution >= 0.6 is 11.8 Å². The van der Waals surface area contributed by atoms with E-state index in [0.29, 0.717) is 12.9 Å². The Balaban J connectivity index is 1.90. The van der Waals surface area contributed by atoms with Gasteiger partial charge in [-0.2, -0.15) is 0 Å². The van der Waals surface area contributed by atoms with Crippen LogP contribution in [0.3, 0.4) is 0 Å². The summed E-state index contributed by atoms with van der Waals surface area (Å²) in [5.74, 6) is 0.941. The van der Waals surface area contributed by atoms with Crippen molar-refractivity contribution in [3.05, 3.63) is 23.8 Å². The highest BCUT2D eigenvalue weighted by Gasteiger charge is 2.14. The Hall–Kier alpha value is -0.710. The number of rotatable bonds is 3. The van der Waals surface area contributed by atoms with Gasteiger partial charge in [-0.25, -0.2) is 0 Å². The molecule has 2 N–H and O–H groups in total. The van der Waals surface area contributed by atoms with Gasteiger partial charge in [0.1, 0.15) is 6.79 Å². The Morgan fingerprint density at radius 2 is 2.38 bits per heavy atom. The molecule has 0 saturated carbocycles. The van der Waals surface area contributed by atoms with E-state index < -0.39 is 0 Å². The van der Waals surface area contributed by atoms with Crippen LogP contribution in [0.25, 0.3) is 0 Å². The minimum Gasteiger partial charge on any atom is -0.398 e. The first-order valence-electron chi connectivity index (χ1n) is 5.44. The van der Waals surface area contributed by atoms with Crippen LogP contribution in [0.4, 0.5) is 5.69 Å². The number of hydrogen-bond acceptors (Lipinski definition) is 4. The quantitative estimate of drug-likeness (QED) is 0.650. The SMILES string of the molecule is Cc1ccc(N)c(SCC2CCOCO2)c1. The van der Waals surface area contributed by atoms with Gasteiger partial charge in [0.15, 0.2) is 0 Å². The standard InChI is InChI=1S/C12H17NO2S/c1-9-2-3-11(13)12(6-9)16-7-10-4-5-14-8-15-10/h2-3,6,10H,4-5,7-8,13H2,1H3. The molecule has 1 saturated heterocycles. The van der Waals surface area contributed by atoms with Crippen molar-refractivity contribution in [3.63, 3.8) is 0 Å². The highest BCUT2D eigenvalue weighted by Crippen LogP contribution is 2.28. The molecule has 1 atom stereocenters. The molecule has 0 bridgehead atoms. The molecule has 1 unspecified atom stereocenters. The molecule has 4 heteroatoms. The second kappa shape index (κ2) is 5.57. The van der Waals surface area contributed by atoms with Crippen molar-refractivity contribution < 1.29 is 9.47 Å². The summed E-state index contributed by atoms with van der Waals surface area (Å²) in [4.78, 5) is 1.15. The van der Waals surface area contributed by atoms with Crippen LogP contribution in [-0.4, -0.2) is 25.3 Å². The predicted octanol–water partition coefficient (Wildman–Crippen LogP) is 2.43. The van der Waals surface area contributed by atoms with Crippen molar-refractivity contribution in [1.29, 1.82) is 0 Å². The summed E-state index contributed by atoms with van der Waals surface area (Å²) in [6.07, 6.45) is 1.26. The van der Waals surface area contributed by atoms with Gasteiger partial charge in [-0.15, -0.1) is 11.8 Å². The van der Waals surface area contributed by atoms with Gasteiger partial charge in [0, 0.05) is 16.3 Å². The van der Waals surface area contributed by atoms with Gasteiger partial charge in [-0.1, -0.05) is 6.07 Å². The maximum Gasteiger partial charge on any atom is 0.147 e. The van der Waals surface area contributed by atoms with Crippen molar-refractivity contribution in [2.45, 2.75) is 24.3 Å². The summed E-state index contributed by atoms with van der Waals surface area (Å²) < 4.78 is 10.6. The van der Waals surface area contributed by atoms with Gasteiger partial charge >= 0.3 is 0 Å². The number of aryl methyl sites for hydroxylation is 1. The lowest BCUT2D eigenvalue weighted by molar-refractivity contribution is -0.130. The van der Waals surface area contributed by atoms with E-state index in [-0.39, 0.29) is 0 Å². The molecule has 1 aromatic rings. The Kier molecular flexibility index (Phi) is 4.09. The van der Waals surface area contributed by atoms with Crippen LogP contribution in [-0.2, 0) is 9.47 Å². The molecular weight excluding hydrogens is 222 g/mol. The van der Waals surface area contributed by atoms with E-state index in [1.54, 1.807) is 11.8 Å². The Morgan fingerprint density at radius 1 is 1.50 bits per heavy atom. The molecule has 0 radical (unpaired) electrons. The largest absolute Gasteiger partial charge is 0.398 e. The molecular formula is C12H17NO2S. The van der Waals surface area contributed by atoms with E-state index in [1.807, 2.05) is 12.1 Å². The van der Waals surface area contributed by atoms with Crippen molar-refractivity contribution in [1.82, 2.24) is 0 Å². The molecule has 2 rings (SSSR count). The smallest absolute Gasteiger partial charge is 0.147 e. The average Bonchev–Trinajstić information content (AvgIpc) is 2.32. The number of nitrogens with two attached hydrogens (primary N) is 1. The fraction of sp³-hybridized carbons (Fsp3) is 0.500. The first-order chi connectivity index (χ1) is 7.75. The van der Waals surface area contributed by atoms with Crippen molar-refractivity contribution in [2.75, 3.05) is 24.9 Å². The molecule has 1 aliphatic rings. The number of benzene rings is 1. The van der Waals surface area contributed by atoms with Crippen molar-refractivity contribution in [3.8, 4) is 0 Å². The van der Waals surface area contributed by atoms with Gasteiger partial charge in [0.25, 0.3) is 0 Å². The van der Waals surface area contributed by atoms with E-state index in [2.05, 4.69) is 13.0 Å². The predicted molar refractivity (Wildman–Crippen MR) is 66.6 cm³/mol. The topological polar surface area (TPSA) is 44.5 Å². The number of hydrogen-bond donors (Lipinski definition) is 1. The molecule has 16 heavy (non-hydrogen) atoms. The second-order valence-corrected chi connectivity index (χ2v) is 5.02. The summed E-state index contributed by atoms with van der Waals surface area (Å²) in [5.41, 5.74) is 8.01. The Morgan fingerprint density at radius 3 is 3.12 bits per heavy atom. The Labute approximate surface area is 100 Å². The third kappa shape index (κ3) is 3.14. The van der Waals surface area contributed by atoms with Crippen LogP contribution in [0, 0.1) is 6.92 Å². The number of ether oxygens (including phenoxy) is 2. The zero-order chi connectivity index (χ0) is 11.4. The van der Waals surface area contributed by atoms with Crippen LogP contribution in [0.2, 0.25) is 0 Å². The van der Waals surface area contributed by atoms with Crippen molar-refractivity contribution >= 4 is 17.4 Å². The fourth-order valence-corrected chi connectivity index (χ4v) is 2.71. The zero-order valence-corrected chi connectivity index (χ0v) is 10.3. The molecule has 0 aliphatic carbocycles. The third-order valence-corrected chi connectivity index (χ3v) is 3.77. The summed E-state index contributed by atoms with van der Waals surface area (Å²) >= 11 is 1.76. The molecule has 3 nitrogen and oxygen atoms in total. The highest BCUT2D eigenvalue weighted by atomic mass is 32.2. The molecule has 1 aromatic carbocycles. The van der Waals surface area contributed by atoms with Gasteiger partial charge in [0.2, 0.25) is 0 Å². The molecule has 1 fully saturated rings. The zero-order valence-electron chi connectivity index (χ0n) is 9.44. The van der Waals surface area contributed by atoms with Gasteiger partial charge in [-0.05, 0) is 31.0 Å². The van der Waals surface area contributed by atoms with Gasteiger partial charge in [0.05, 0.1) is 12.7 Å². The molecule has 1 aliphatic heterocycles. The van der Waals surface area contributed by atoms with E-state index in [0.717, 1.165) is 29.4 Å². The van der Waals surface area contributed by atoms with Gasteiger partial charge < -0.3 is 15.2 Å². The number of thioether (sulfide) groups is 1. The number of nitrogen functional groups attached to an aromatic ring is 1.